The van der Waals surface area contributed by atoms with Gasteiger partial charge in [0.15, 0.2) is 11.5 Å². The van der Waals surface area contributed by atoms with Gasteiger partial charge in [0.1, 0.15) is 48.0 Å². The van der Waals surface area contributed by atoms with Gasteiger partial charge in [0.2, 0.25) is 47.3 Å². The Morgan fingerprint density at radius 2 is 1.29 bits per heavy atom. The third kappa shape index (κ3) is 15.6. The third-order valence-electron chi connectivity index (χ3n) is 15.0. The number of phenolic OH excluding ortho intramolecular Hbond substituents is 3. The molecule has 83 heavy (non-hydrogen) atoms. The molecular formula is C58H73N11O12S2. The average Bonchev–Trinajstić information content (AvgIpc) is 3.96. The normalized spacial score (nSPS) is 16.4. The van der Waals surface area contributed by atoms with E-state index in [0.717, 1.165) is 33.2 Å². The number of H-pyrrole nitrogens is 1. The SMILES string of the molecule is CC[C@H](NC(=O)[C@H](CCCCN)NC(=O)[C@@H](Cc1c[nH]c2ccccc12)NC(=O)[C@H](Cc1ccc(O)cc1)NC(=O)[C@H](CS)NC(=O)CN1CCc2cccc3c2C1Cc1ccc(O)c(O)c1-3)C(=O)N[C@@H](CS)C(=O)N[C@H](C(N)=O)[C@@H](C)O. The topological polar surface area (TPSA) is 373 Å². The molecule has 2 aliphatic rings. The van der Waals surface area contributed by atoms with Gasteiger partial charge >= 0.3 is 0 Å². The number of unbranched alkanes of at least 4 members (excludes halogenated alkanes) is 1. The van der Waals surface area contributed by atoms with Gasteiger partial charge in [0, 0.05) is 59.6 Å². The second-order valence-corrected chi connectivity index (χ2v) is 21.6. The van der Waals surface area contributed by atoms with E-state index in [1.165, 1.54) is 25.1 Å². The van der Waals surface area contributed by atoms with Crippen molar-refractivity contribution in [2.75, 3.05) is 31.1 Å². The first-order chi connectivity index (χ1) is 39.7. The molecule has 4 aromatic carbocycles. The summed E-state index contributed by atoms with van der Waals surface area (Å²) in [5, 5.41) is 60.7. The van der Waals surface area contributed by atoms with Crippen LogP contribution in [0.5, 0.6) is 17.2 Å². The van der Waals surface area contributed by atoms with E-state index >= 15 is 0 Å². The lowest BCUT2D eigenvalue weighted by atomic mass is 9.76. The van der Waals surface area contributed by atoms with Gasteiger partial charge in [-0.3, -0.25) is 43.3 Å². The Hall–Kier alpha value is -7.84. The number of thiol groups is 2. The van der Waals surface area contributed by atoms with E-state index in [2.05, 4.69) is 67.5 Å². The van der Waals surface area contributed by atoms with E-state index in [-0.39, 0.29) is 73.6 Å². The van der Waals surface area contributed by atoms with Crippen LogP contribution in [0.4, 0.5) is 0 Å². The molecular weight excluding hydrogens is 1110 g/mol. The fourth-order valence-electron chi connectivity index (χ4n) is 10.5. The van der Waals surface area contributed by atoms with Crippen molar-refractivity contribution < 1.29 is 58.8 Å². The highest BCUT2D eigenvalue weighted by Crippen LogP contribution is 2.50. The smallest absolute Gasteiger partial charge is 0.244 e. The molecule has 25 heteroatoms. The number of nitrogens with zero attached hydrogens (tertiary/aromatic N) is 1. The summed E-state index contributed by atoms with van der Waals surface area (Å²) < 4.78 is 0. The summed E-state index contributed by atoms with van der Waals surface area (Å²) in [5.74, 6) is -7.25. The number of nitrogens with two attached hydrogens (primary N) is 2. The summed E-state index contributed by atoms with van der Waals surface area (Å²) in [5.41, 5.74) is 17.1. The summed E-state index contributed by atoms with van der Waals surface area (Å²) in [4.78, 5) is 116. The summed E-state index contributed by atoms with van der Waals surface area (Å²) in [6.07, 6.45) is 1.99. The number of aromatic hydroxyl groups is 3. The molecule has 0 saturated heterocycles. The van der Waals surface area contributed by atoms with Crippen molar-refractivity contribution in [3.63, 3.8) is 0 Å². The highest BCUT2D eigenvalue weighted by atomic mass is 32.1. The molecule has 0 fully saturated rings. The van der Waals surface area contributed by atoms with E-state index in [1.54, 1.807) is 37.4 Å². The second kappa shape index (κ2) is 28.9. The van der Waals surface area contributed by atoms with E-state index < -0.39 is 95.7 Å². The second-order valence-electron chi connectivity index (χ2n) is 20.8. The molecule has 23 nitrogen and oxygen atoms in total. The van der Waals surface area contributed by atoms with Crippen LogP contribution in [-0.2, 0) is 64.0 Å². The number of aromatic amines is 1. The van der Waals surface area contributed by atoms with Crippen LogP contribution < -0.4 is 48.7 Å². The first-order valence-electron chi connectivity index (χ1n) is 27.5. The summed E-state index contributed by atoms with van der Waals surface area (Å²) in [6, 6.07) is 12.6. The number of nitrogens with one attached hydrogen (secondary N) is 8. The molecule has 1 aromatic heterocycles. The number of para-hydroxylation sites is 1. The maximum Gasteiger partial charge on any atom is 0.244 e. The number of phenols is 3. The van der Waals surface area contributed by atoms with Crippen LogP contribution in [0.15, 0.2) is 85.1 Å². The zero-order chi connectivity index (χ0) is 60.1. The van der Waals surface area contributed by atoms with Gasteiger partial charge in [-0.2, -0.15) is 25.3 Å². The quantitative estimate of drug-likeness (QED) is 0.0185. The molecule has 7 rings (SSSR count). The largest absolute Gasteiger partial charge is 0.508 e. The minimum atomic E-state index is -1.46. The van der Waals surface area contributed by atoms with Gasteiger partial charge in [0.25, 0.3) is 0 Å². The molecule has 0 spiro atoms. The molecule has 2 heterocycles. The van der Waals surface area contributed by atoms with Crippen LogP contribution in [0.3, 0.4) is 0 Å². The number of aromatic nitrogens is 1. The van der Waals surface area contributed by atoms with Gasteiger partial charge < -0.3 is 74.1 Å². The van der Waals surface area contributed by atoms with Crippen LogP contribution in [0.25, 0.3) is 22.0 Å². The van der Waals surface area contributed by atoms with Crippen LogP contribution in [0.1, 0.15) is 73.4 Å². The molecule has 9 atom stereocenters. The fraction of sp³-hybridized carbons (Fsp3) is 0.414. The molecule has 16 N–H and O–H groups in total. The molecule has 8 amide bonds. The predicted octanol–water partition coefficient (Wildman–Crippen LogP) is 0.551. The maximum absolute atomic E-state index is 14.8. The maximum atomic E-state index is 14.8. The Morgan fingerprint density at radius 1 is 0.687 bits per heavy atom. The highest BCUT2D eigenvalue weighted by molar-refractivity contribution is 7.80. The molecule has 1 aliphatic carbocycles. The van der Waals surface area contributed by atoms with Crippen molar-refractivity contribution in [1.82, 2.24) is 47.1 Å². The van der Waals surface area contributed by atoms with E-state index in [9.17, 15) is 58.8 Å². The van der Waals surface area contributed by atoms with Crippen molar-refractivity contribution in [2.45, 2.75) is 120 Å². The van der Waals surface area contributed by atoms with Gasteiger partial charge in [-0.05, 0) is 110 Å². The van der Waals surface area contributed by atoms with E-state index in [4.69, 9.17) is 11.5 Å². The first kappa shape index (κ1) is 62.8. The zero-order valence-corrected chi connectivity index (χ0v) is 47.8. The number of aliphatic hydroxyl groups is 1. The van der Waals surface area contributed by atoms with Crippen LogP contribution >= 0.6 is 25.3 Å². The summed E-state index contributed by atoms with van der Waals surface area (Å²) in [7, 11) is 0. The molecule has 1 aliphatic heterocycles. The number of rotatable bonds is 28. The number of aliphatic hydroxyl groups excluding tert-OH is 1. The van der Waals surface area contributed by atoms with Gasteiger partial charge in [0.05, 0.1) is 12.6 Å². The molecule has 5 aromatic rings. The number of hydrogen-bond donors (Lipinski definition) is 16. The lowest BCUT2D eigenvalue weighted by Gasteiger charge is -2.41. The van der Waals surface area contributed by atoms with Crippen molar-refractivity contribution in [2.24, 2.45) is 11.5 Å². The van der Waals surface area contributed by atoms with Crippen LogP contribution in [0, 0.1) is 0 Å². The lowest BCUT2D eigenvalue weighted by Crippen LogP contribution is -2.61. The van der Waals surface area contributed by atoms with E-state index in [0.29, 0.717) is 48.9 Å². The number of fused-ring (bicyclic) bond motifs is 3. The third-order valence-corrected chi connectivity index (χ3v) is 15.7. The van der Waals surface area contributed by atoms with Crippen molar-refractivity contribution in [3.8, 4) is 28.4 Å². The molecule has 0 radical (unpaired) electrons. The van der Waals surface area contributed by atoms with Crippen molar-refractivity contribution in [3.05, 3.63) is 113 Å². The van der Waals surface area contributed by atoms with Crippen LogP contribution in [0.2, 0.25) is 0 Å². The summed E-state index contributed by atoms with van der Waals surface area (Å²) in [6.45, 7) is 3.51. The average molecular weight is 1180 g/mol. The van der Waals surface area contributed by atoms with Crippen LogP contribution in [-0.4, -0.2) is 157 Å². The highest BCUT2D eigenvalue weighted by Gasteiger charge is 2.38. The van der Waals surface area contributed by atoms with Gasteiger partial charge in [-0.15, -0.1) is 0 Å². The Bertz CT molecular complexity index is 3180. The zero-order valence-electron chi connectivity index (χ0n) is 46.0. The van der Waals surface area contributed by atoms with Crippen molar-refractivity contribution >= 4 is 83.4 Å². The Morgan fingerprint density at radius 3 is 1.95 bits per heavy atom. The number of carbonyl (C=O) groups is 8. The number of hydrogen-bond acceptors (Lipinski definition) is 16. The first-order valence-corrected chi connectivity index (χ1v) is 28.8. The molecule has 0 saturated carbocycles. The number of primary amides is 1. The Kier molecular flexibility index (Phi) is 21.9. The Labute approximate surface area is 490 Å². The van der Waals surface area contributed by atoms with E-state index in [1.807, 2.05) is 41.3 Å². The molecule has 1 unspecified atom stereocenters. The van der Waals surface area contributed by atoms with Crippen molar-refractivity contribution in [1.29, 1.82) is 0 Å². The Balaban J connectivity index is 1.09. The standard InChI is InChI=1S/C58H73N11O12S2/c1-3-38(53(76)67-44(29-83)58(81)68-50(30(2)70)52(60)75)63-54(77)40(13-6-7-21-59)64-56(79)42(24-34-26-61-39-12-5-4-10-36(34)39)66-55(78)41(23-31-14-17-35(71)18-15-31)65-57(80)43(28-82)62-47(73)27-69-22-20-32-9-8-11-37-48(32)45(69)25-33-16-19-46(72)51(74)49(33)37/h4-5,8-12,14-19,26,30,38,40-45,50,61,70-72,74,82-83H,3,6-7,13,20-25,27-29,59H2,1-2H3,(H2,60,75)(H,62,73)(H,63,77)(H,64,79)(H,65,80)(H,66,78)(H,67,76)(H,68,81)/t30-,38+,40+,41+,42-,43+,44+,45?,50+/m1/s1. The molecule has 0 bridgehead atoms. The monoisotopic (exact) mass is 1180 g/mol. The fourth-order valence-corrected chi connectivity index (χ4v) is 11.1. The number of carbonyl (C=O) groups excluding carboxylic acids is 8. The number of benzene rings is 4. The minimum Gasteiger partial charge on any atom is -0.508 e. The predicted molar refractivity (Wildman–Crippen MR) is 316 cm³/mol. The molecule has 444 valence electrons. The summed E-state index contributed by atoms with van der Waals surface area (Å²) >= 11 is 8.61. The number of amides is 8. The van der Waals surface area contributed by atoms with Gasteiger partial charge in [-0.1, -0.05) is 61.5 Å². The lowest BCUT2D eigenvalue weighted by molar-refractivity contribution is -0.135. The minimum absolute atomic E-state index is 0.0227. The van der Waals surface area contributed by atoms with Gasteiger partial charge in [-0.25, -0.2) is 0 Å².